The van der Waals surface area contributed by atoms with Gasteiger partial charge in [0.05, 0.1) is 24.6 Å². The Balaban J connectivity index is 2.23. The van der Waals surface area contributed by atoms with Crippen LogP contribution in [-0.4, -0.2) is 13.2 Å². The highest BCUT2D eigenvalue weighted by Crippen LogP contribution is 2.32. The molecule has 5 N–H and O–H groups in total. The molecule has 2 rings (SSSR count). The van der Waals surface area contributed by atoms with E-state index in [0.717, 1.165) is 17.1 Å². The van der Waals surface area contributed by atoms with Gasteiger partial charge in [0.15, 0.2) is 11.5 Å². The molecule has 2 aromatic carbocycles. The van der Waals surface area contributed by atoms with Gasteiger partial charge >= 0.3 is 0 Å². The first-order valence-electron chi connectivity index (χ1n) is 6.95. The topological polar surface area (TPSA) is 82.5 Å². The summed E-state index contributed by atoms with van der Waals surface area (Å²) in [6.07, 6.45) is 0. The van der Waals surface area contributed by atoms with Crippen molar-refractivity contribution in [2.45, 2.75) is 13.8 Å². The van der Waals surface area contributed by atoms with Crippen LogP contribution in [0.1, 0.15) is 13.8 Å². The summed E-state index contributed by atoms with van der Waals surface area (Å²) in [7, 11) is 0. The molecule has 5 nitrogen and oxygen atoms in total. The predicted octanol–water partition coefficient (Wildman–Crippen LogP) is 3.39. The number of hydrogen-bond acceptors (Lipinski definition) is 5. The van der Waals surface area contributed by atoms with Crippen molar-refractivity contribution >= 4 is 22.7 Å². The second-order valence-electron chi connectivity index (χ2n) is 4.50. The number of nitrogens with one attached hydrogen (secondary N) is 1. The Kier molecular flexibility index (Phi) is 4.77. The zero-order valence-electron chi connectivity index (χ0n) is 12.3. The van der Waals surface area contributed by atoms with Crippen molar-refractivity contribution < 1.29 is 9.47 Å². The van der Waals surface area contributed by atoms with Crippen molar-refractivity contribution in [1.29, 1.82) is 0 Å². The van der Waals surface area contributed by atoms with E-state index in [9.17, 15) is 0 Å². The smallest absolute Gasteiger partial charge is 0.163 e. The maximum Gasteiger partial charge on any atom is 0.163 e. The molecule has 112 valence electrons. The highest BCUT2D eigenvalue weighted by atomic mass is 16.5. The lowest BCUT2D eigenvalue weighted by Gasteiger charge is -2.14. The maximum absolute atomic E-state index is 5.81. The van der Waals surface area contributed by atoms with Crippen LogP contribution in [0.2, 0.25) is 0 Å². The van der Waals surface area contributed by atoms with Crippen molar-refractivity contribution in [3.05, 3.63) is 36.4 Å². The third-order valence-corrected chi connectivity index (χ3v) is 2.92. The van der Waals surface area contributed by atoms with E-state index in [1.165, 1.54) is 0 Å². The van der Waals surface area contributed by atoms with Gasteiger partial charge in [-0.05, 0) is 44.2 Å². The lowest BCUT2D eigenvalue weighted by Crippen LogP contribution is -2.00. The third-order valence-electron chi connectivity index (χ3n) is 2.92. The van der Waals surface area contributed by atoms with Crippen molar-refractivity contribution in [2.24, 2.45) is 0 Å². The van der Waals surface area contributed by atoms with Crippen LogP contribution >= 0.6 is 0 Å². The number of ether oxygens (including phenoxy) is 2. The molecule has 0 unspecified atom stereocenters. The summed E-state index contributed by atoms with van der Waals surface area (Å²) in [5.41, 5.74) is 14.4. The molecule has 0 bridgehead atoms. The summed E-state index contributed by atoms with van der Waals surface area (Å²) in [6.45, 7) is 5.06. The molecule has 0 atom stereocenters. The van der Waals surface area contributed by atoms with Crippen LogP contribution in [-0.2, 0) is 0 Å². The standard InChI is InChI=1S/C16H21N3O2/c1-3-20-15-8-6-12(10-16(15)21-4-2)19-11-5-7-13(17)14(18)9-11/h5-10,19H,3-4,17-18H2,1-2H3. The van der Waals surface area contributed by atoms with Gasteiger partial charge in [-0.1, -0.05) is 0 Å². The van der Waals surface area contributed by atoms with E-state index in [1.807, 2.05) is 38.1 Å². The van der Waals surface area contributed by atoms with E-state index in [2.05, 4.69) is 5.32 Å². The maximum atomic E-state index is 5.81. The van der Waals surface area contributed by atoms with Gasteiger partial charge < -0.3 is 26.3 Å². The van der Waals surface area contributed by atoms with Crippen molar-refractivity contribution in [3.63, 3.8) is 0 Å². The number of hydrogen-bond donors (Lipinski definition) is 3. The molecule has 0 aliphatic carbocycles. The Morgan fingerprint density at radius 2 is 1.43 bits per heavy atom. The summed E-state index contributed by atoms with van der Waals surface area (Å²) < 4.78 is 11.1. The number of anilines is 4. The van der Waals surface area contributed by atoms with Gasteiger partial charge in [0.2, 0.25) is 0 Å². The fourth-order valence-electron chi connectivity index (χ4n) is 1.95. The molecular formula is C16H21N3O2. The van der Waals surface area contributed by atoms with Gasteiger partial charge in [-0.25, -0.2) is 0 Å². The highest BCUT2D eigenvalue weighted by molar-refractivity contribution is 5.73. The van der Waals surface area contributed by atoms with Crippen LogP contribution < -0.4 is 26.3 Å². The third kappa shape index (κ3) is 3.72. The van der Waals surface area contributed by atoms with Gasteiger partial charge in [0.1, 0.15) is 0 Å². The van der Waals surface area contributed by atoms with E-state index >= 15 is 0 Å². The van der Waals surface area contributed by atoms with E-state index < -0.39 is 0 Å². The Labute approximate surface area is 124 Å². The number of rotatable bonds is 6. The molecule has 0 radical (unpaired) electrons. The van der Waals surface area contributed by atoms with Gasteiger partial charge in [-0.3, -0.25) is 0 Å². The van der Waals surface area contributed by atoms with Gasteiger partial charge in [-0.2, -0.15) is 0 Å². The Morgan fingerprint density at radius 3 is 2.10 bits per heavy atom. The summed E-state index contributed by atoms with van der Waals surface area (Å²) in [6, 6.07) is 11.2. The van der Waals surface area contributed by atoms with Crippen molar-refractivity contribution in [2.75, 3.05) is 30.0 Å². The quantitative estimate of drug-likeness (QED) is 0.709. The lowest BCUT2D eigenvalue weighted by molar-refractivity contribution is 0.288. The molecule has 0 amide bonds. The number of nitrogen functional groups attached to an aromatic ring is 2. The average Bonchev–Trinajstić information content (AvgIpc) is 2.46. The minimum atomic E-state index is 0.552. The second-order valence-corrected chi connectivity index (χ2v) is 4.50. The first-order valence-corrected chi connectivity index (χ1v) is 6.95. The first-order chi connectivity index (χ1) is 10.1. The van der Waals surface area contributed by atoms with Crippen molar-refractivity contribution in [1.82, 2.24) is 0 Å². The van der Waals surface area contributed by atoms with Gasteiger partial charge in [0.25, 0.3) is 0 Å². The molecule has 21 heavy (non-hydrogen) atoms. The van der Waals surface area contributed by atoms with E-state index in [-0.39, 0.29) is 0 Å². The molecule has 0 spiro atoms. The van der Waals surface area contributed by atoms with Crippen LogP contribution in [0, 0.1) is 0 Å². The zero-order chi connectivity index (χ0) is 15.2. The fourth-order valence-corrected chi connectivity index (χ4v) is 1.95. The van der Waals surface area contributed by atoms with E-state index in [1.54, 1.807) is 12.1 Å². The molecular weight excluding hydrogens is 266 g/mol. The molecule has 0 aliphatic heterocycles. The minimum Gasteiger partial charge on any atom is -0.490 e. The Bertz CT molecular complexity index is 614. The first kappa shape index (κ1) is 14.8. The zero-order valence-corrected chi connectivity index (χ0v) is 12.3. The number of benzene rings is 2. The monoisotopic (exact) mass is 287 g/mol. The second kappa shape index (κ2) is 6.74. The molecule has 0 saturated carbocycles. The molecule has 0 fully saturated rings. The summed E-state index contributed by atoms with van der Waals surface area (Å²) >= 11 is 0. The van der Waals surface area contributed by atoms with Gasteiger partial charge in [-0.15, -0.1) is 0 Å². The minimum absolute atomic E-state index is 0.552. The van der Waals surface area contributed by atoms with Crippen LogP contribution in [0.4, 0.5) is 22.7 Å². The summed E-state index contributed by atoms with van der Waals surface area (Å²) in [4.78, 5) is 0. The Morgan fingerprint density at radius 1 is 0.810 bits per heavy atom. The molecule has 2 aromatic rings. The lowest BCUT2D eigenvalue weighted by atomic mass is 10.2. The average molecular weight is 287 g/mol. The normalized spacial score (nSPS) is 10.2. The van der Waals surface area contributed by atoms with E-state index in [0.29, 0.717) is 30.3 Å². The molecule has 0 saturated heterocycles. The fraction of sp³-hybridized carbons (Fsp3) is 0.250. The van der Waals surface area contributed by atoms with E-state index in [4.69, 9.17) is 20.9 Å². The SMILES string of the molecule is CCOc1ccc(Nc2ccc(N)c(N)c2)cc1OCC. The molecule has 0 aliphatic rings. The molecule has 0 heterocycles. The van der Waals surface area contributed by atoms with Crippen LogP contribution in [0.3, 0.4) is 0 Å². The largest absolute Gasteiger partial charge is 0.490 e. The molecule has 0 aromatic heterocycles. The van der Waals surface area contributed by atoms with Crippen LogP contribution in [0.15, 0.2) is 36.4 Å². The van der Waals surface area contributed by atoms with Crippen LogP contribution in [0.5, 0.6) is 11.5 Å². The van der Waals surface area contributed by atoms with Gasteiger partial charge in [0, 0.05) is 17.4 Å². The predicted molar refractivity (Wildman–Crippen MR) is 87.3 cm³/mol. The summed E-state index contributed by atoms with van der Waals surface area (Å²) in [5.74, 6) is 1.45. The van der Waals surface area contributed by atoms with Crippen LogP contribution in [0.25, 0.3) is 0 Å². The van der Waals surface area contributed by atoms with Crippen molar-refractivity contribution in [3.8, 4) is 11.5 Å². The number of nitrogens with two attached hydrogens (primary N) is 2. The Hall–Kier alpha value is -2.56. The molecule has 5 heteroatoms. The highest BCUT2D eigenvalue weighted by Gasteiger charge is 2.06. The summed E-state index contributed by atoms with van der Waals surface area (Å²) in [5, 5.41) is 3.27.